The molecule has 7 nitrogen and oxygen atoms in total. The fourth-order valence-electron chi connectivity index (χ4n) is 3.24. The normalized spacial score (nSPS) is 15.8. The third-order valence-electron chi connectivity index (χ3n) is 4.66. The van der Waals surface area contributed by atoms with Crippen molar-refractivity contribution >= 4 is 40.5 Å². The van der Waals surface area contributed by atoms with Gasteiger partial charge in [-0.05, 0) is 55.0 Å². The largest absolute Gasteiger partial charge is 0.495 e. The van der Waals surface area contributed by atoms with Gasteiger partial charge in [-0.15, -0.1) is 0 Å². The quantitative estimate of drug-likeness (QED) is 0.581. The van der Waals surface area contributed by atoms with Crippen LogP contribution in [0.25, 0.3) is 0 Å². The monoisotopic (exact) mass is 447 g/mol. The highest BCUT2D eigenvalue weighted by atomic mass is 35.5. The van der Waals surface area contributed by atoms with Crippen LogP contribution in [0.5, 0.6) is 17.2 Å². The molecule has 3 rings (SSSR count). The molecular formula is C21H22ClN3O4S. The van der Waals surface area contributed by atoms with Gasteiger partial charge in [-0.3, -0.25) is 4.79 Å². The molecule has 0 unspecified atom stereocenters. The molecule has 0 aliphatic carbocycles. The number of halogens is 1. The fourth-order valence-corrected chi connectivity index (χ4v) is 3.69. The van der Waals surface area contributed by atoms with Gasteiger partial charge in [0, 0.05) is 10.7 Å². The van der Waals surface area contributed by atoms with Crippen molar-refractivity contribution in [1.82, 2.24) is 10.6 Å². The van der Waals surface area contributed by atoms with E-state index in [0.717, 1.165) is 5.56 Å². The molecule has 1 amide bonds. The van der Waals surface area contributed by atoms with Crippen LogP contribution >= 0.6 is 23.8 Å². The molecule has 0 fully saturated rings. The molecule has 0 saturated carbocycles. The molecule has 1 aliphatic rings. The van der Waals surface area contributed by atoms with Crippen LogP contribution in [0.1, 0.15) is 18.5 Å². The summed E-state index contributed by atoms with van der Waals surface area (Å²) in [5.74, 6) is 1.32. The number of nitrogens with one attached hydrogen (secondary N) is 3. The van der Waals surface area contributed by atoms with Crippen LogP contribution < -0.4 is 30.2 Å². The van der Waals surface area contributed by atoms with Gasteiger partial charge in [0.15, 0.2) is 16.6 Å². The highest BCUT2D eigenvalue weighted by Crippen LogP contribution is 2.35. The summed E-state index contributed by atoms with van der Waals surface area (Å²) in [4.78, 5) is 13.3. The molecule has 2 aromatic carbocycles. The molecule has 1 heterocycles. The third-order valence-corrected chi connectivity index (χ3v) is 5.12. The van der Waals surface area contributed by atoms with Gasteiger partial charge in [0.25, 0.3) is 5.91 Å². The first-order valence-corrected chi connectivity index (χ1v) is 9.81. The van der Waals surface area contributed by atoms with Gasteiger partial charge in [-0.25, -0.2) is 0 Å². The summed E-state index contributed by atoms with van der Waals surface area (Å²) in [7, 11) is 4.65. The molecule has 0 saturated heterocycles. The first-order valence-electron chi connectivity index (χ1n) is 9.03. The lowest BCUT2D eigenvalue weighted by Crippen LogP contribution is -2.45. The Kier molecular flexibility index (Phi) is 6.69. The van der Waals surface area contributed by atoms with E-state index in [9.17, 15) is 4.79 Å². The van der Waals surface area contributed by atoms with Gasteiger partial charge in [-0.1, -0.05) is 17.7 Å². The van der Waals surface area contributed by atoms with E-state index in [4.69, 9.17) is 38.0 Å². The lowest BCUT2D eigenvalue weighted by Gasteiger charge is -2.30. The Morgan fingerprint density at radius 2 is 1.70 bits per heavy atom. The Morgan fingerprint density at radius 1 is 1.03 bits per heavy atom. The standard InChI is InChI=1S/C21H22ClN3O4S/c1-11-18(20(26)24-14-10-13(22)6-8-15(14)27-2)19(25-21(30)23-11)12-5-7-16(28-3)17(9-12)29-4/h5-10,19H,1-4H3,(H,24,26)(H2,23,25,30)/t19-/m0/s1. The Labute approximate surface area is 185 Å². The van der Waals surface area contributed by atoms with Crippen molar-refractivity contribution in [3.63, 3.8) is 0 Å². The van der Waals surface area contributed by atoms with Crippen molar-refractivity contribution in [2.45, 2.75) is 13.0 Å². The Bertz CT molecular complexity index is 1030. The number of hydrogen-bond donors (Lipinski definition) is 3. The number of rotatable bonds is 6. The van der Waals surface area contributed by atoms with E-state index in [1.54, 1.807) is 45.4 Å². The zero-order valence-electron chi connectivity index (χ0n) is 17.0. The number of thiocarbonyl (C=S) groups is 1. The van der Waals surface area contributed by atoms with Crippen molar-refractivity contribution in [1.29, 1.82) is 0 Å². The minimum absolute atomic E-state index is 0.324. The van der Waals surface area contributed by atoms with E-state index in [1.807, 2.05) is 12.1 Å². The van der Waals surface area contributed by atoms with Gasteiger partial charge in [-0.2, -0.15) is 0 Å². The van der Waals surface area contributed by atoms with Crippen LogP contribution in [0, 0.1) is 0 Å². The van der Waals surface area contributed by atoms with E-state index >= 15 is 0 Å². The Balaban J connectivity index is 2.00. The van der Waals surface area contributed by atoms with Gasteiger partial charge in [0.1, 0.15) is 5.75 Å². The summed E-state index contributed by atoms with van der Waals surface area (Å²) in [6.45, 7) is 1.80. The maximum atomic E-state index is 13.3. The molecule has 9 heteroatoms. The van der Waals surface area contributed by atoms with Crippen LogP contribution in [0.4, 0.5) is 5.69 Å². The summed E-state index contributed by atoms with van der Waals surface area (Å²) in [6.07, 6.45) is 0. The average Bonchev–Trinajstić information content (AvgIpc) is 2.72. The molecule has 0 spiro atoms. The minimum atomic E-state index is -0.497. The molecular weight excluding hydrogens is 426 g/mol. The summed E-state index contributed by atoms with van der Waals surface area (Å²) >= 11 is 11.4. The van der Waals surface area contributed by atoms with Gasteiger partial charge in [0.2, 0.25) is 0 Å². The van der Waals surface area contributed by atoms with Crippen molar-refractivity contribution in [3.8, 4) is 17.2 Å². The highest BCUT2D eigenvalue weighted by Gasteiger charge is 2.31. The van der Waals surface area contributed by atoms with Crippen molar-refractivity contribution < 1.29 is 19.0 Å². The molecule has 1 aliphatic heterocycles. The zero-order valence-corrected chi connectivity index (χ0v) is 18.5. The second-order valence-corrected chi connectivity index (χ2v) is 7.33. The van der Waals surface area contributed by atoms with Crippen LogP contribution in [0.2, 0.25) is 5.02 Å². The Morgan fingerprint density at radius 3 is 2.37 bits per heavy atom. The average molecular weight is 448 g/mol. The number of hydrogen-bond acceptors (Lipinski definition) is 5. The van der Waals surface area contributed by atoms with Gasteiger partial charge >= 0.3 is 0 Å². The number of amides is 1. The number of carbonyl (C=O) groups is 1. The van der Waals surface area contributed by atoms with E-state index in [1.165, 1.54) is 7.11 Å². The van der Waals surface area contributed by atoms with Crippen molar-refractivity contribution in [3.05, 3.63) is 58.3 Å². The van der Waals surface area contributed by atoms with Crippen molar-refractivity contribution in [2.24, 2.45) is 0 Å². The second kappa shape index (κ2) is 9.23. The molecule has 3 N–H and O–H groups in total. The third kappa shape index (κ3) is 4.44. The number of anilines is 1. The summed E-state index contributed by atoms with van der Waals surface area (Å²) in [5, 5.41) is 9.95. The van der Waals surface area contributed by atoms with Crippen LogP contribution in [-0.2, 0) is 4.79 Å². The second-order valence-electron chi connectivity index (χ2n) is 6.48. The summed E-state index contributed by atoms with van der Waals surface area (Å²) in [5.41, 5.74) is 2.36. The van der Waals surface area contributed by atoms with Crippen LogP contribution in [-0.4, -0.2) is 32.3 Å². The first kappa shape index (κ1) is 21.7. The smallest absolute Gasteiger partial charge is 0.255 e. The molecule has 2 aromatic rings. The van der Waals surface area contributed by atoms with Crippen LogP contribution in [0.15, 0.2) is 47.7 Å². The predicted molar refractivity (Wildman–Crippen MR) is 120 cm³/mol. The molecule has 0 bridgehead atoms. The van der Waals surface area contributed by atoms with E-state index < -0.39 is 6.04 Å². The van der Waals surface area contributed by atoms with Gasteiger partial charge in [0.05, 0.1) is 38.6 Å². The lowest BCUT2D eigenvalue weighted by molar-refractivity contribution is -0.113. The molecule has 0 aromatic heterocycles. The molecule has 30 heavy (non-hydrogen) atoms. The number of ether oxygens (including phenoxy) is 3. The zero-order chi connectivity index (χ0) is 21.8. The van der Waals surface area contributed by atoms with E-state index in [-0.39, 0.29) is 5.91 Å². The molecule has 1 atom stereocenters. The number of methoxy groups -OCH3 is 3. The lowest BCUT2D eigenvalue weighted by atomic mass is 9.94. The summed E-state index contributed by atoms with van der Waals surface area (Å²) < 4.78 is 16.0. The number of benzene rings is 2. The predicted octanol–water partition coefficient (Wildman–Crippen LogP) is 3.80. The van der Waals surface area contributed by atoms with E-state index in [2.05, 4.69) is 16.0 Å². The molecule has 158 valence electrons. The Hall–Kier alpha value is -2.97. The maximum Gasteiger partial charge on any atom is 0.255 e. The SMILES string of the molecule is COc1ccc(Cl)cc1NC(=O)C1=C(C)NC(=S)N[C@H]1c1ccc(OC)c(OC)c1. The fraction of sp³-hybridized carbons (Fsp3) is 0.238. The highest BCUT2D eigenvalue weighted by molar-refractivity contribution is 7.80. The van der Waals surface area contributed by atoms with Crippen LogP contribution in [0.3, 0.4) is 0 Å². The summed E-state index contributed by atoms with van der Waals surface area (Å²) in [6, 6.07) is 9.97. The number of allylic oxidation sites excluding steroid dienone is 1. The maximum absolute atomic E-state index is 13.3. The van der Waals surface area contributed by atoms with Gasteiger partial charge < -0.3 is 30.2 Å². The number of carbonyl (C=O) groups excluding carboxylic acids is 1. The first-order chi connectivity index (χ1) is 14.4. The topological polar surface area (TPSA) is 80.9 Å². The van der Waals surface area contributed by atoms with E-state index in [0.29, 0.717) is 44.3 Å². The minimum Gasteiger partial charge on any atom is -0.495 e. The molecule has 0 radical (unpaired) electrons. The van der Waals surface area contributed by atoms with Crippen molar-refractivity contribution in [2.75, 3.05) is 26.6 Å².